The summed E-state index contributed by atoms with van der Waals surface area (Å²) < 4.78 is 0. The molecule has 4 nitrogen and oxygen atoms in total. The average Bonchev–Trinajstić information content (AvgIpc) is 2.53. The molecular weight excluding hydrogens is 266 g/mol. The molecule has 1 unspecified atom stereocenters. The molecule has 0 spiro atoms. The summed E-state index contributed by atoms with van der Waals surface area (Å²) in [5.41, 5.74) is 0.00964. The zero-order valence-corrected chi connectivity index (χ0v) is 13.8. The molecule has 1 rings (SSSR count). The van der Waals surface area contributed by atoms with Crippen LogP contribution in [-0.2, 0) is 9.59 Å². The molecular formula is C17H31NO3. The Bertz CT molecular complexity index is 338. The van der Waals surface area contributed by atoms with Crippen LogP contribution < -0.4 is 5.32 Å². The van der Waals surface area contributed by atoms with Crippen LogP contribution in [0.25, 0.3) is 0 Å². The van der Waals surface area contributed by atoms with Gasteiger partial charge in [-0.15, -0.1) is 0 Å². The molecule has 0 aliphatic heterocycles. The van der Waals surface area contributed by atoms with Crippen molar-refractivity contribution in [2.45, 2.75) is 84.6 Å². The van der Waals surface area contributed by atoms with Gasteiger partial charge in [0, 0.05) is 12.5 Å². The maximum Gasteiger partial charge on any atom is 0.305 e. The molecule has 0 saturated heterocycles. The summed E-state index contributed by atoms with van der Waals surface area (Å²) in [7, 11) is 0. The van der Waals surface area contributed by atoms with Crippen molar-refractivity contribution in [2.75, 3.05) is 0 Å². The SMILES string of the molecule is CC(C)(C)CC(CC(=O)O)NC(=O)CC1CCCCCC1. The first-order valence-corrected chi connectivity index (χ1v) is 8.27. The van der Waals surface area contributed by atoms with Crippen LogP contribution in [0.5, 0.6) is 0 Å². The fourth-order valence-corrected chi connectivity index (χ4v) is 3.24. The van der Waals surface area contributed by atoms with Crippen molar-refractivity contribution >= 4 is 11.9 Å². The summed E-state index contributed by atoms with van der Waals surface area (Å²) in [5.74, 6) is -0.343. The number of aliphatic carboxylic acids is 1. The lowest BCUT2D eigenvalue weighted by Gasteiger charge is -2.26. The molecule has 1 atom stereocenters. The standard InChI is InChI=1S/C17H31NO3/c1-17(2,3)12-14(11-16(20)21)18-15(19)10-13-8-6-4-5-7-9-13/h13-14H,4-12H2,1-3H3,(H,18,19)(H,20,21). The van der Waals surface area contributed by atoms with Crippen molar-refractivity contribution < 1.29 is 14.7 Å². The van der Waals surface area contributed by atoms with Crippen LogP contribution in [0.3, 0.4) is 0 Å². The summed E-state index contributed by atoms with van der Waals surface area (Å²) in [5, 5.41) is 12.0. The zero-order valence-electron chi connectivity index (χ0n) is 13.8. The topological polar surface area (TPSA) is 66.4 Å². The van der Waals surface area contributed by atoms with Crippen molar-refractivity contribution in [3.63, 3.8) is 0 Å². The molecule has 1 aliphatic rings. The maximum atomic E-state index is 12.2. The molecule has 1 aliphatic carbocycles. The second-order valence-corrected chi connectivity index (χ2v) is 7.69. The lowest BCUT2D eigenvalue weighted by Crippen LogP contribution is -2.39. The lowest BCUT2D eigenvalue weighted by atomic mass is 9.86. The molecule has 0 bridgehead atoms. The van der Waals surface area contributed by atoms with E-state index in [1.54, 1.807) is 0 Å². The maximum absolute atomic E-state index is 12.2. The molecule has 1 fully saturated rings. The fourth-order valence-electron chi connectivity index (χ4n) is 3.24. The summed E-state index contributed by atoms with van der Waals surface area (Å²) in [6.07, 6.45) is 8.53. The van der Waals surface area contributed by atoms with Crippen LogP contribution in [0.1, 0.15) is 78.6 Å². The van der Waals surface area contributed by atoms with Crippen LogP contribution in [0.4, 0.5) is 0 Å². The van der Waals surface area contributed by atoms with Gasteiger partial charge in [0.2, 0.25) is 5.91 Å². The number of hydrogen-bond donors (Lipinski definition) is 2. The molecule has 0 aromatic rings. The number of nitrogens with one attached hydrogen (secondary N) is 1. The second-order valence-electron chi connectivity index (χ2n) is 7.69. The third-order valence-corrected chi connectivity index (χ3v) is 4.09. The number of rotatable bonds is 6. The van der Waals surface area contributed by atoms with Gasteiger partial charge in [-0.05, 0) is 30.6 Å². The largest absolute Gasteiger partial charge is 0.481 e. The first kappa shape index (κ1) is 18.0. The van der Waals surface area contributed by atoms with E-state index in [1.165, 1.54) is 25.7 Å². The smallest absolute Gasteiger partial charge is 0.305 e. The molecule has 0 heterocycles. The lowest BCUT2D eigenvalue weighted by molar-refractivity contribution is -0.138. The van der Waals surface area contributed by atoms with E-state index in [4.69, 9.17) is 5.11 Å². The normalized spacial score (nSPS) is 18.8. The number of hydrogen-bond acceptors (Lipinski definition) is 2. The predicted octanol–water partition coefficient (Wildman–Crippen LogP) is 3.74. The predicted molar refractivity (Wildman–Crippen MR) is 84.1 cm³/mol. The molecule has 1 saturated carbocycles. The van der Waals surface area contributed by atoms with Crippen molar-refractivity contribution in [1.82, 2.24) is 5.32 Å². The first-order valence-electron chi connectivity index (χ1n) is 8.27. The summed E-state index contributed by atoms with van der Waals surface area (Å²) in [6, 6.07) is -0.263. The Hall–Kier alpha value is -1.06. The second kappa shape index (κ2) is 8.40. The Morgan fingerprint density at radius 2 is 1.71 bits per heavy atom. The Morgan fingerprint density at radius 1 is 1.14 bits per heavy atom. The number of carbonyl (C=O) groups is 2. The summed E-state index contributed by atoms with van der Waals surface area (Å²) >= 11 is 0. The molecule has 4 heteroatoms. The Morgan fingerprint density at radius 3 is 2.19 bits per heavy atom. The highest BCUT2D eigenvalue weighted by Crippen LogP contribution is 2.26. The van der Waals surface area contributed by atoms with Crippen LogP contribution in [0.2, 0.25) is 0 Å². The van der Waals surface area contributed by atoms with Crippen molar-refractivity contribution in [2.24, 2.45) is 11.3 Å². The van der Waals surface area contributed by atoms with Crippen LogP contribution in [0.15, 0.2) is 0 Å². The minimum atomic E-state index is -0.848. The molecule has 2 N–H and O–H groups in total. The van der Waals surface area contributed by atoms with Gasteiger partial charge in [0.15, 0.2) is 0 Å². The quantitative estimate of drug-likeness (QED) is 0.734. The van der Waals surface area contributed by atoms with Gasteiger partial charge in [-0.25, -0.2) is 0 Å². The number of carboxylic acids is 1. The van der Waals surface area contributed by atoms with E-state index in [1.807, 2.05) is 0 Å². The molecule has 1 amide bonds. The van der Waals surface area contributed by atoms with E-state index in [9.17, 15) is 9.59 Å². The van der Waals surface area contributed by atoms with E-state index in [0.29, 0.717) is 18.8 Å². The monoisotopic (exact) mass is 297 g/mol. The highest BCUT2D eigenvalue weighted by molar-refractivity contribution is 5.77. The Labute approximate surface area is 128 Å². The fraction of sp³-hybridized carbons (Fsp3) is 0.882. The minimum Gasteiger partial charge on any atom is -0.481 e. The average molecular weight is 297 g/mol. The van der Waals surface area contributed by atoms with Crippen molar-refractivity contribution in [1.29, 1.82) is 0 Å². The van der Waals surface area contributed by atoms with Gasteiger partial charge >= 0.3 is 5.97 Å². The molecule has 0 aromatic carbocycles. The third kappa shape index (κ3) is 8.74. The van der Waals surface area contributed by atoms with Crippen molar-refractivity contribution in [3.05, 3.63) is 0 Å². The first-order chi connectivity index (χ1) is 9.76. The van der Waals surface area contributed by atoms with Gasteiger partial charge < -0.3 is 10.4 Å². The van der Waals surface area contributed by atoms with Gasteiger partial charge in [0.05, 0.1) is 6.42 Å². The van der Waals surface area contributed by atoms with Crippen molar-refractivity contribution in [3.8, 4) is 0 Å². The van der Waals surface area contributed by atoms with E-state index in [-0.39, 0.29) is 23.8 Å². The molecule has 0 radical (unpaired) electrons. The summed E-state index contributed by atoms with van der Waals surface area (Å²) in [4.78, 5) is 23.2. The highest BCUT2D eigenvalue weighted by Gasteiger charge is 2.24. The van der Waals surface area contributed by atoms with Crippen LogP contribution in [-0.4, -0.2) is 23.0 Å². The van der Waals surface area contributed by atoms with E-state index in [0.717, 1.165) is 12.8 Å². The number of amides is 1. The molecule has 122 valence electrons. The number of carboxylic acid groups (broad SMARTS) is 1. The van der Waals surface area contributed by atoms with Gasteiger partial charge in [0.1, 0.15) is 0 Å². The van der Waals surface area contributed by atoms with Gasteiger partial charge in [0.25, 0.3) is 0 Å². The Kier molecular flexibility index (Phi) is 7.20. The van der Waals surface area contributed by atoms with E-state index < -0.39 is 5.97 Å². The van der Waals surface area contributed by atoms with Gasteiger partial charge in [-0.1, -0.05) is 46.5 Å². The van der Waals surface area contributed by atoms with Gasteiger partial charge in [-0.3, -0.25) is 9.59 Å². The van der Waals surface area contributed by atoms with E-state index in [2.05, 4.69) is 26.1 Å². The third-order valence-electron chi connectivity index (χ3n) is 4.09. The van der Waals surface area contributed by atoms with Crippen LogP contribution in [0, 0.1) is 11.3 Å². The zero-order chi connectivity index (χ0) is 15.9. The van der Waals surface area contributed by atoms with E-state index >= 15 is 0 Å². The Balaban J connectivity index is 2.48. The molecule has 21 heavy (non-hydrogen) atoms. The molecule has 0 aromatic heterocycles. The minimum absolute atomic E-state index is 0.00762. The highest BCUT2D eigenvalue weighted by atomic mass is 16.4. The van der Waals surface area contributed by atoms with Gasteiger partial charge in [-0.2, -0.15) is 0 Å². The number of carbonyl (C=O) groups excluding carboxylic acids is 1. The summed E-state index contributed by atoms with van der Waals surface area (Å²) in [6.45, 7) is 6.21. The van der Waals surface area contributed by atoms with Crippen LogP contribution >= 0.6 is 0 Å².